The summed E-state index contributed by atoms with van der Waals surface area (Å²) in [4.78, 5) is 0.199. The summed E-state index contributed by atoms with van der Waals surface area (Å²) >= 11 is 7.22. The van der Waals surface area contributed by atoms with Crippen molar-refractivity contribution in [3.63, 3.8) is 0 Å². The first kappa shape index (κ1) is 13.8. The van der Waals surface area contributed by atoms with Crippen molar-refractivity contribution < 1.29 is 13.5 Å². The topological polar surface area (TPSA) is 66.4 Å². The predicted molar refractivity (Wildman–Crippen MR) is 73.7 cm³/mol. The number of sulfonamides is 1. The van der Waals surface area contributed by atoms with Gasteiger partial charge in [0.2, 0.25) is 10.0 Å². The molecule has 0 unspecified atom stereocenters. The van der Waals surface area contributed by atoms with Crippen LogP contribution in [-0.2, 0) is 10.0 Å². The summed E-state index contributed by atoms with van der Waals surface area (Å²) in [5, 5.41) is 11.6. The molecule has 0 aliphatic rings. The maximum absolute atomic E-state index is 12.1. The molecule has 0 amide bonds. The molecule has 18 heavy (non-hydrogen) atoms. The molecule has 0 spiro atoms. The van der Waals surface area contributed by atoms with Gasteiger partial charge in [0, 0.05) is 26.5 Å². The Kier molecular flexibility index (Phi) is 3.93. The first-order valence-electron chi connectivity index (χ1n) is 5.24. The van der Waals surface area contributed by atoms with Crippen LogP contribution in [0.1, 0.15) is 6.92 Å². The van der Waals surface area contributed by atoms with Gasteiger partial charge in [0.05, 0.1) is 6.61 Å². The smallest absolute Gasteiger partial charge is 0.242 e. The molecule has 0 aliphatic carbocycles. The Morgan fingerprint density at radius 2 is 2.22 bits per heavy atom. The molecule has 7 heteroatoms. The van der Waals surface area contributed by atoms with Crippen molar-refractivity contribution in [3.8, 4) is 0 Å². The molecule has 2 aromatic rings. The van der Waals surface area contributed by atoms with Crippen LogP contribution < -0.4 is 4.72 Å². The van der Waals surface area contributed by atoms with Gasteiger partial charge in [-0.3, -0.25) is 0 Å². The van der Waals surface area contributed by atoms with Gasteiger partial charge >= 0.3 is 0 Å². The zero-order valence-electron chi connectivity index (χ0n) is 9.55. The minimum atomic E-state index is -3.63. The Balaban J connectivity index is 2.50. The Hall–Kier alpha value is -0.660. The van der Waals surface area contributed by atoms with Crippen LogP contribution in [0.3, 0.4) is 0 Å². The van der Waals surface area contributed by atoms with Gasteiger partial charge in [-0.2, -0.15) is 0 Å². The first-order valence-corrected chi connectivity index (χ1v) is 7.98. The summed E-state index contributed by atoms with van der Waals surface area (Å²) in [6.45, 7) is 1.35. The van der Waals surface area contributed by atoms with Crippen LogP contribution in [0.25, 0.3) is 10.1 Å². The molecule has 2 rings (SSSR count). The summed E-state index contributed by atoms with van der Waals surface area (Å²) in [5.74, 6) is 0. The molecule has 1 atom stereocenters. The van der Waals surface area contributed by atoms with Gasteiger partial charge in [0.1, 0.15) is 4.90 Å². The highest BCUT2D eigenvalue weighted by Gasteiger charge is 2.21. The van der Waals surface area contributed by atoms with Crippen molar-refractivity contribution in [1.29, 1.82) is 0 Å². The van der Waals surface area contributed by atoms with E-state index in [0.29, 0.717) is 10.4 Å². The van der Waals surface area contributed by atoms with E-state index >= 15 is 0 Å². The van der Waals surface area contributed by atoms with Gasteiger partial charge in [0.25, 0.3) is 0 Å². The summed E-state index contributed by atoms with van der Waals surface area (Å²) < 4.78 is 27.5. The summed E-state index contributed by atoms with van der Waals surface area (Å²) in [6, 6.07) is 4.62. The quantitative estimate of drug-likeness (QED) is 0.910. The van der Waals surface area contributed by atoms with Crippen LogP contribution in [0.15, 0.2) is 28.5 Å². The number of rotatable bonds is 4. The Morgan fingerprint density at radius 3 is 2.89 bits per heavy atom. The zero-order chi connectivity index (χ0) is 13.3. The van der Waals surface area contributed by atoms with Crippen LogP contribution in [-0.4, -0.2) is 26.2 Å². The van der Waals surface area contributed by atoms with Crippen LogP contribution in [0, 0.1) is 0 Å². The molecule has 0 aliphatic heterocycles. The number of thiophene rings is 1. The molecule has 0 fully saturated rings. The summed E-state index contributed by atoms with van der Waals surface area (Å²) in [6.07, 6.45) is 0. The van der Waals surface area contributed by atoms with E-state index in [9.17, 15) is 8.42 Å². The average molecular weight is 306 g/mol. The lowest BCUT2D eigenvalue weighted by molar-refractivity contribution is 0.265. The van der Waals surface area contributed by atoms with Crippen LogP contribution in [0.5, 0.6) is 0 Å². The maximum Gasteiger partial charge on any atom is 0.242 e. The lowest BCUT2D eigenvalue weighted by Gasteiger charge is -2.10. The molecule has 2 N–H and O–H groups in total. The van der Waals surface area contributed by atoms with Crippen LogP contribution in [0.4, 0.5) is 0 Å². The van der Waals surface area contributed by atoms with E-state index in [1.54, 1.807) is 30.5 Å². The van der Waals surface area contributed by atoms with Crippen molar-refractivity contribution >= 4 is 43.0 Å². The third kappa shape index (κ3) is 2.67. The number of hydrogen-bond acceptors (Lipinski definition) is 4. The molecule has 1 aromatic heterocycles. The van der Waals surface area contributed by atoms with Crippen molar-refractivity contribution in [2.45, 2.75) is 17.9 Å². The number of aliphatic hydroxyl groups excluding tert-OH is 1. The monoisotopic (exact) mass is 305 g/mol. The molecule has 0 radical (unpaired) electrons. The average Bonchev–Trinajstić information content (AvgIpc) is 2.71. The van der Waals surface area contributed by atoms with E-state index in [1.807, 2.05) is 0 Å². The van der Waals surface area contributed by atoms with Gasteiger partial charge < -0.3 is 5.11 Å². The fourth-order valence-corrected chi connectivity index (χ4v) is 4.43. The molecular formula is C11H12ClNO3S2. The molecule has 1 aromatic carbocycles. The second kappa shape index (κ2) is 5.14. The van der Waals surface area contributed by atoms with E-state index in [4.69, 9.17) is 16.7 Å². The minimum Gasteiger partial charge on any atom is -0.395 e. The summed E-state index contributed by atoms with van der Waals surface area (Å²) in [5.41, 5.74) is 0. The van der Waals surface area contributed by atoms with E-state index in [0.717, 1.165) is 4.70 Å². The van der Waals surface area contributed by atoms with Crippen LogP contribution in [0.2, 0.25) is 5.02 Å². The molecule has 98 valence electrons. The Bertz CT molecular complexity index is 666. The standard InChI is InChI=1S/C11H12ClNO3S2/c1-7(5-14)13-18(15,16)11-6-17-10-3-2-8(12)4-9(10)11/h2-4,6-7,13-14H,5H2,1H3/t7-/m1/s1. The number of fused-ring (bicyclic) bond motifs is 1. The van der Waals surface area contributed by atoms with Gasteiger partial charge in [-0.25, -0.2) is 13.1 Å². The highest BCUT2D eigenvalue weighted by Crippen LogP contribution is 2.31. The lowest BCUT2D eigenvalue weighted by Crippen LogP contribution is -2.34. The van der Waals surface area contributed by atoms with E-state index < -0.39 is 16.1 Å². The molecule has 0 bridgehead atoms. The minimum absolute atomic E-state index is 0.199. The summed E-state index contributed by atoms with van der Waals surface area (Å²) in [7, 11) is -3.63. The number of benzene rings is 1. The highest BCUT2D eigenvalue weighted by molar-refractivity contribution is 7.90. The highest BCUT2D eigenvalue weighted by atomic mass is 35.5. The Labute approximate surface area is 114 Å². The maximum atomic E-state index is 12.1. The second-order valence-electron chi connectivity index (χ2n) is 3.95. The number of aliphatic hydroxyl groups is 1. The molecule has 4 nitrogen and oxygen atoms in total. The zero-order valence-corrected chi connectivity index (χ0v) is 11.9. The van der Waals surface area contributed by atoms with Crippen molar-refractivity contribution in [1.82, 2.24) is 4.72 Å². The van der Waals surface area contributed by atoms with Crippen molar-refractivity contribution in [2.24, 2.45) is 0 Å². The number of nitrogens with one attached hydrogen (secondary N) is 1. The first-order chi connectivity index (χ1) is 8.44. The van der Waals surface area contributed by atoms with Crippen molar-refractivity contribution in [2.75, 3.05) is 6.61 Å². The lowest BCUT2D eigenvalue weighted by atomic mass is 10.3. The molecule has 0 saturated carbocycles. The fourth-order valence-electron chi connectivity index (χ4n) is 1.55. The number of hydrogen-bond donors (Lipinski definition) is 2. The van der Waals surface area contributed by atoms with Gasteiger partial charge in [-0.1, -0.05) is 11.6 Å². The van der Waals surface area contributed by atoms with E-state index in [2.05, 4.69) is 4.72 Å². The number of halogens is 1. The van der Waals surface area contributed by atoms with Gasteiger partial charge in [-0.05, 0) is 25.1 Å². The SMILES string of the molecule is C[C@H](CO)NS(=O)(=O)c1csc2ccc(Cl)cc12. The van der Waals surface area contributed by atoms with Gasteiger partial charge in [-0.15, -0.1) is 11.3 Å². The molecule has 0 saturated heterocycles. The van der Waals surface area contributed by atoms with Gasteiger partial charge in [0.15, 0.2) is 0 Å². The third-order valence-electron chi connectivity index (χ3n) is 2.42. The van der Waals surface area contributed by atoms with Crippen LogP contribution >= 0.6 is 22.9 Å². The second-order valence-corrected chi connectivity index (χ2v) is 6.98. The van der Waals surface area contributed by atoms with E-state index in [1.165, 1.54) is 11.3 Å². The van der Waals surface area contributed by atoms with E-state index in [-0.39, 0.29) is 11.5 Å². The van der Waals surface area contributed by atoms with Crippen molar-refractivity contribution in [3.05, 3.63) is 28.6 Å². The fraction of sp³-hybridized carbons (Fsp3) is 0.273. The predicted octanol–water partition coefficient (Wildman–Crippen LogP) is 2.21. The normalized spacial score (nSPS) is 13.9. The molecular weight excluding hydrogens is 294 g/mol. The Morgan fingerprint density at radius 1 is 1.50 bits per heavy atom. The third-order valence-corrected chi connectivity index (χ3v) is 5.40. The molecule has 1 heterocycles. The largest absolute Gasteiger partial charge is 0.395 e.